The number of nitrogens with one attached hydrogen (secondary N) is 1. The van der Waals surface area contributed by atoms with E-state index in [1.165, 1.54) is 0 Å². The first kappa shape index (κ1) is 16.8. The van der Waals surface area contributed by atoms with Crippen LogP contribution in [-0.2, 0) is 4.79 Å². The molecular formula is C18H25N3O3. The molecule has 2 aliphatic rings. The van der Waals surface area contributed by atoms with Gasteiger partial charge in [0.2, 0.25) is 0 Å². The molecular weight excluding hydrogens is 306 g/mol. The lowest BCUT2D eigenvalue weighted by atomic mass is 10.1. The summed E-state index contributed by atoms with van der Waals surface area (Å²) in [5.74, 6) is 1.48. The lowest BCUT2D eigenvalue weighted by Gasteiger charge is -2.32. The molecule has 0 radical (unpaired) electrons. The molecule has 1 N–H and O–H groups in total. The molecule has 1 amide bonds. The number of nitrogens with zero attached hydrogens (tertiary/aromatic N) is 2. The Kier molecular flexibility index (Phi) is 5.37. The first-order valence-electron chi connectivity index (χ1n) is 8.36. The third-order valence-electron chi connectivity index (χ3n) is 4.53. The molecule has 0 aromatic heterocycles. The van der Waals surface area contributed by atoms with Crippen molar-refractivity contribution in [3.8, 4) is 11.5 Å². The molecule has 1 aromatic carbocycles. The van der Waals surface area contributed by atoms with Crippen LogP contribution < -0.4 is 14.8 Å². The zero-order chi connectivity index (χ0) is 16.9. The second-order valence-electron chi connectivity index (χ2n) is 6.26. The van der Waals surface area contributed by atoms with E-state index in [1.807, 2.05) is 24.3 Å². The predicted molar refractivity (Wildman–Crippen MR) is 93.4 cm³/mol. The maximum atomic E-state index is 12.3. The van der Waals surface area contributed by atoms with Crippen molar-refractivity contribution in [3.63, 3.8) is 0 Å². The molecule has 0 unspecified atom stereocenters. The molecule has 1 saturated heterocycles. The maximum absolute atomic E-state index is 12.3. The number of rotatable bonds is 5. The number of hydrogen-bond donors (Lipinski definition) is 1. The number of fused-ring (bicyclic) bond motifs is 1. The lowest BCUT2D eigenvalue weighted by molar-refractivity contribution is -0.117. The zero-order valence-corrected chi connectivity index (χ0v) is 14.4. The molecule has 2 heterocycles. The summed E-state index contributed by atoms with van der Waals surface area (Å²) < 4.78 is 10.9. The Morgan fingerprint density at radius 2 is 2.08 bits per heavy atom. The highest BCUT2D eigenvalue weighted by Crippen LogP contribution is 2.29. The van der Waals surface area contributed by atoms with E-state index >= 15 is 0 Å². The van der Waals surface area contributed by atoms with Crippen molar-refractivity contribution in [3.05, 3.63) is 29.3 Å². The third-order valence-corrected chi connectivity index (χ3v) is 4.53. The summed E-state index contributed by atoms with van der Waals surface area (Å²) in [6, 6.07) is 5.60. The van der Waals surface area contributed by atoms with Crippen molar-refractivity contribution in [2.24, 2.45) is 0 Å². The van der Waals surface area contributed by atoms with Crippen molar-refractivity contribution < 1.29 is 14.3 Å². The van der Waals surface area contributed by atoms with E-state index in [9.17, 15) is 4.79 Å². The topological polar surface area (TPSA) is 54.0 Å². The minimum absolute atomic E-state index is 0.0578. The van der Waals surface area contributed by atoms with E-state index in [1.54, 1.807) is 7.11 Å². The normalized spacial score (nSPS) is 18.3. The molecule has 1 aromatic rings. The van der Waals surface area contributed by atoms with Crippen molar-refractivity contribution in [1.29, 1.82) is 0 Å². The van der Waals surface area contributed by atoms with Crippen molar-refractivity contribution >= 4 is 12.0 Å². The van der Waals surface area contributed by atoms with E-state index in [2.05, 4.69) is 22.2 Å². The average molecular weight is 331 g/mol. The summed E-state index contributed by atoms with van der Waals surface area (Å²) in [5.41, 5.74) is 1.53. The van der Waals surface area contributed by atoms with Crippen LogP contribution in [0.1, 0.15) is 5.56 Å². The molecule has 24 heavy (non-hydrogen) atoms. The summed E-state index contributed by atoms with van der Waals surface area (Å²) in [6.45, 7) is 6.15. The lowest BCUT2D eigenvalue weighted by Crippen LogP contribution is -2.47. The van der Waals surface area contributed by atoms with Gasteiger partial charge < -0.3 is 19.7 Å². The Morgan fingerprint density at radius 3 is 2.83 bits per heavy atom. The molecule has 6 nitrogen and oxygen atoms in total. The highest BCUT2D eigenvalue weighted by Gasteiger charge is 2.18. The largest absolute Gasteiger partial charge is 0.497 e. The average Bonchev–Trinajstić information content (AvgIpc) is 2.62. The maximum Gasteiger partial charge on any atom is 0.250 e. The molecule has 0 atom stereocenters. The molecule has 2 aliphatic heterocycles. The highest BCUT2D eigenvalue weighted by atomic mass is 16.5. The van der Waals surface area contributed by atoms with Gasteiger partial charge in [0, 0.05) is 44.8 Å². The number of ether oxygens (including phenoxy) is 2. The number of carbonyl (C=O) groups excluding carboxylic acids is 1. The van der Waals surface area contributed by atoms with Crippen LogP contribution in [0.2, 0.25) is 0 Å². The van der Waals surface area contributed by atoms with E-state index in [4.69, 9.17) is 9.47 Å². The number of piperazine rings is 1. The fourth-order valence-corrected chi connectivity index (χ4v) is 2.93. The van der Waals surface area contributed by atoms with Crippen molar-refractivity contribution in [1.82, 2.24) is 15.1 Å². The van der Waals surface area contributed by atoms with Crippen LogP contribution in [0.4, 0.5) is 0 Å². The molecule has 0 saturated carbocycles. The number of hydrogen-bond acceptors (Lipinski definition) is 5. The minimum Gasteiger partial charge on any atom is -0.497 e. The standard InChI is InChI=1S/C18H25N3O3/c1-20-7-9-21(10-8-20)6-5-19-18(22)15-11-14-12-16(23-2)3-4-17(14)24-13-15/h3-4,11-12H,5-10,13H2,1-2H3,(H,19,22). The smallest absolute Gasteiger partial charge is 0.250 e. The van der Waals surface area contributed by atoms with Gasteiger partial charge in [-0.25, -0.2) is 0 Å². The molecule has 0 bridgehead atoms. The van der Waals surface area contributed by atoms with Crippen LogP contribution in [0, 0.1) is 0 Å². The van der Waals surface area contributed by atoms with Gasteiger partial charge in [-0.2, -0.15) is 0 Å². The SMILES string of the molecule is COc1ccc2c(c1)C=C(C(=O)NCCN1CCN(C)CC1)CO2. The minimum atomic E-state index is -0.0578. The Morgan fingerprint density at radius 1 is 1.29 bits per heavy atom. The number of amides is 1. The van der Waals surface area contributed by atoms with Crippen molar-refractivity contribution in [2.45, 2.75) is 0 Å². The van der Waals surface area contributed by atoms with Gasteiger partial charge in [0.1, 0.15) is 18.1 Å². The molecule has 3 rings (SSSR count). The van der Waals surface area contributed by atoms with E-state index < -0.39 is 0 Å². The van der Waals surface area contributed by atoms with Gasteiger partial charge in [-0.1, -0.05) is 0 Å². The van der Waals surface area contributed by atoms with Crippen LogP contribution in [-0.4, -0.2) is 75.7 Å². The molecule has 130 valence electrons. The molecule has 0 spiro atoms. The Balaban J connectivity index is 1.52. The van der Waals surface area contributed by atoms with Crippen LogP contribution in [0.5, 0.6) is 11.5 Å². The Hall–Kier alpha value is -2.05. The fourth-order valence-electron chi connectivity index (χ4n) is 2.93. The van der Waals surface area contributed by atoms with Gasteiger partial charge in [-0.15, -0.1) is 0 Å². The van der Waals surface area contributed by atoms with Gasteiger partial charge >= 0.3 is 0 Å². The summed E-state index contributed by atoms with van der Waals surface area (Å²) in [7, 11) is 3.77. The predicted octanol–water partition coefficient (Wildman–Crippen LogP) is 0.835. The van der Waals surface area contributed by atoms with E-state index in [-0.39, 0.29) is 5.91 Å². The molecule has 1 fully saturated rings. The summed E-state index contributed by atoms with van der Waals surface area (Å²) in [5, 5.41) is 3.00. The Bertz CT molecular complexity index is 622. The second-order valence-corrected chi connectivity index (χ2v) is 6.26. The van der Waals surface area contributed by atoms with Crippen LogP contribution in [0.25, 0.3) is 6.08 Å². The van der Waals surface area contributed by atoms with E-state index in [0.29, 0.717) is 18.7 Å². The number of benzene rings is 1. The zero-order valence-electron chi connectivity index (χ0n) is 14.4. The summed E-state index contributed by atoms with van der Waals surface area (Å²) >= 11 is 0. The van der Waals surface area contributed by atoms with Gasteiger partial charge in [0.05, 0.1) is 12.7 Å². The van der Waals surface area contributed by atoms with Crippen LogP contribution in [0.3, 0.4) is 0 Å². The Labute approximate surface area is 143 Å². The van der Waals surface area contributed by atoms with Gasteiger partial charge in [-0.3, -0.25) is 9.69 Å². The number of likely N-dealkylation sites (N-methyl/N-ethyl adjacent to an activating group) is 1. The fraction of sp³-hybridized carbons (Fsp3) is 0.500. The molecule has 0 aliphatic carbocycles. The highest BCUT2D eigenvalue weighted by molar-refractivity contribution is 5.99. The number of methoxy groups -OCH3 is 1. The summed E-state index contributed by atoms with van der Waals surface area (Å²) in [4.78, 5) is 17.0. The first-order chi connectivity index (χ1) is 11.7. The first-order valence-corrected chi connectivity index (χ1v) is 8.36. The summed E-state index contributed by atoms with van der Waals surface area (Å²) in [6.07, 6.45) is 1.88. The second kappa shape index (κ2) is 7.68. The quantitative estimate of drug-likeness (QED) is 0.866. The van der Waals surface area contributed by atoms with Crippen LogP contribution in [0.15, 0.2) is 23.8 Å². The van der Waals surface area contributed by atoms with Crippen LogP contribution >= 0.6 is 0 Å². The van der Waals surface area contributed by atoms with Gasteiger partial charge in [0.25, 0.3) is 5.91 Å². The monoisotopic (exact) mass is 331 g/mol. The third kappa shape index (κ3) is 4.07. The van der Waals surface area contributed by atoms with E-state index in [0.717, 1.165) is 49.8 Å². The van der Waals surface area contributed by atoms with Crippen molar-refractivity contribution in [2.75, 3.05) is 60.0 Å². The number of carbonyl (C=O) groups is 1. The van der Waals surface area contributed by atoms with Gasteiger partial charge in [0.15, 0.2) is 0 Å². The molecule has 6 heteroatoms. The van der Waals surface area contributed by atoms with Gasteiger partial charge in [-0.05, 0) is 31.3 Å².